The first kappa shape index (κ1) is 9.27. The molecule has 0 atom stereocenters. The molecule has 14 heavy (non-hydrogen) atoms. The highest BCUT2D eigenvalue weighted by molar-refractivity contribution is 5.40. The first-order chi connectivity index (χ1) is 6.61. The van der Waals surface area contributed by atoms with Crippen molar-refractivity contribution < 1.29 is 0 Å². The van der Waals surface area contributed by atoms with Crippen LogP contribution in [-0.2, 0) is 12.8 Å². The van der Waals surface area contributed by atoms with Crippen molar-refractivity contribution in [2.24, 2.45) is 5.41 Å². The maximum absolute atomic E-state index is 8.82. The van der Waals surface area contributed by atoms with Crippen LogP contribution in [0.1, 0.15) is 37.0 Å². The predicted molar refractivity (Wildman–Crippen MR) is 57.0 cm³/mol. The maximum Gasteiger partial charge on any atom is 0.0991 e. The molecule has 0 saturated carbocycles. The molecule has 0 fully saturated rings. The summed E-state index contributed by atoms with van der Waals surface area (Å²) in [4.78, 5) is 0. The maximum atomic E-state index is 8.82. The molecule has 0 aliphatic heterocycles. The predicted octanol–water partition coefficient (Wildman–Crippen LogP) is 3.07. The van der Waals surface area contributed by atoms with E-state index >= 15 is 0 Å². The average molecular weight is 185 g/mol. The lowest BCUT2D eigenvalue weighted by Crippen LogP contribution is -2.22. The Morgan fingerprint density at radius 3 is 2.79 bits per heavy atom. The van der Waals surface area contributed by atoms with Crippen molar-refractivity contribution in [2.75, 3.05) is 0 Å². The van der Waals surface area contributed by atoms with E-state index in [0.29, 0.717) is 5.41 Å². The Kier molecular flexibility index (Phi) is 2.07. The Bertz CT molecular complexity index is 396. The molecule has 1 aromatic rings. The number of hydrogen-bond acceptors (Lipinski definition) is 1. The minimum absolute atomic E-state index is 0.404. The van der Waals surface area contributed by atoms with Gasteiger partial charge in [0.1, 0.15) is 0 Å². The number of aryl methyl sites for hydroxylation is 1. The minimum atomic E-state index is 0.404. The van der Waals surface area contributed by atoms with Gasteiger partial charge in [-0.2, -0.15) is 5.26 Å². The lowest BCUT2D eigenvalue weighted by Gasteiger charge is -2.31. The summed E-state index contributed by atoms with van der Waals surface area (Å²) in [6.07, 6.45) is 3.53. The third-order valence-corrected chi connectivity index (χ3v) is 3.08. The molecule has 1 aliphatic rings. The van der Waals surface area contributed by atoms with E-state index in [1.807, 2.05) is 6.07 Å². The summed E-state index contributed by atoms with van der Waals surface area (Å²) in [6, 6.07) is 8.30. The molecule has 0 heterocycles. The molecule has 0 spiro atoms. The van der Waals surface area contributed by atoms with Crippen LogP contribution in [0.5, 0.6) is 0 Å². The fourth-order valence-electron chi connectivity index (χ4n) is 2.18. The van der Waals surface area contributed by atoms with E-state index in [1.54, 1.807) is 0 Å². The average Bonchev–Trinajstić information content (AvgIpc) is 2.15. The number of benzene rings is 1. The molecule has 1 nitrogen and oxygen atoms in total. The summed E-state index contributed by atoms with van der Waals surface area (Å²) >= 11 is 0. The molecule has 0 radical (unpaired) electrons. The second-order valence-corrected chi connectivity index (χ2v) is 4.94. The standard InChI is InChI=1S/C13H15N/c1-13(2)6-5-11-4-3-10(9-14)7-12(11)8-13/h3-4,7H,5-6,8H2,1-2H3. The molecule has 72 valence electrons. The van der Waals surface area contributed by atoms with E-state index in [-0.39, 0.29) is 0 Å². The molecule has 0 unspecified atom stereocenters. The third kappa shape index (κ3) is 1.65. The van der Waals surface area contributed by atoms with Gasteiger partial charge in [-0.3, -0.25) is 0 Å². The number of nitriles is 1. The fraction of sp³-hybridized carbons (Fsp3) is 0.462. The lowest BCUT2D eigenvalue weighted by atomic mass is 9.74. The summed E-state index contributed by atoms with van der Waals surface area (Å²) in [5.74, 6) is 0. The number of fused-ring (bicyclic) bond motifs is 1. The van der Waals surface area contributed by atoms with Crippen molar-refractivity contribution in [3.63, 3.8) is 0 Å². The topological polar surface area (TPSA) is 23.8 Å². The van der Waals surface area contributed by atoms with Crippen LogP contribution in [0.4, 0.5) is 0 Å². The van der Waals surface area contributed by atoms with Crippen LogP contribution < -0.4 is 0 Å². The number of hydrogen-bond donors (Lipinski definition) is 0. The van der Waals surface area contributed by atoms with E-state index in [4.69, 9.17) is 5.26 Å². The highest BCUT2D eigenvalue weighted by Gasteiger charge is 2.24. The van der Waals surface area contributed by atoms with Crippen LogP contribution in [0.2, 0.25) is 0 Å². The van der Waals surface area contributed by atoms with Gasteiger partial charge in [-0.05, 0) is 47.9 Å². The summed E-state index contributed by atoms with van der Waals surface area (Å²) in [6.45, 7) is 4.60. The van der Waals surface area contributed by atoms with Gasteiger partial charge in [0, 0.05) is 0 Å². The van der Waals surface area contributed by atoms with Crippen molar-refractivity contribution in [3.05, 3.63) is 34.9 Å². The van der Waals surface area contributed by atoms with E-state index in [0.717, 1.165) is 18.4 Å². The Morgan fingerprint density at radius 1 is 1.29 bits per heavy atom. The lowest BCUT2D eigenvalue weighted by molar-refractivity contribution is 0.315. The van der Waals surface area contributed by atoms with Gasteiger partial charge in [0.15, 0.2) is 0 Å². The second kappa shape index (κ2) is 3.13. The van der Waals surface area contributed by atoms with Crippen LogP contribution in [0.15, 0.2) is 18.2 Å². The molecule has 0 N–H and O–H groups in total. The molecular formula is C13H15N. The summed E-state index contributed by atoms with van der Waals surface area (Å²) in [7, 11) is 0. The minimum Gasteiger partial charge on any atom is -0.192 e. The molecule has 2 rings (SSSR count). The van der Waals surface area contributed by atoms with E-state index in [9.17, 15) is 0 Å². The van der Waals surface area contributed by atoms with Crippen LogP contribution in [0, 0.1) is 16.7 Å². The number of nitrogens with zero attached hydrogens (tertiary/aromatic N) is 1. The Hall–Kier alpha value is -1.29. The second-order valence-electron chi connectivity index (χ2n) is 4.94. The van der Waals surface area contributed by atoms with Crippen molar-refractivity contribution in [1.82, 2.24) is 0 Å². The highest BCUT2D eigenvalue weighted by Crippen LogP contribution is 2.34. The molecule has 0 bridgehead atoms. The fourth-order valence-corrected chi connectivity index (χ4v) is 2.18. The molecule has 0 amide bonds. The Labute approximate surface area is 85.4 Å². The Morgan fingerprint density at radius 2 is 2.07 bits per heavy atom. The summed E-state index contributed by atoms with van der Waals surface area (Å²) in [5.41, 5.74) is 4.01. The van der Waals surface area contributed by atoms with E-state index < -0.39 is 0 Å². The van der Waals surface area contributed by atoms with Crippen LogP contribution in [0.3, 0.4) is 0 Å². The number of rotatable bonds is 0. The van der Waals surface area contributed by atoms with Crippen LogP contribution in [-0.4, -0.2) is 0 Å². The van der Waals surface area contributed by atoms with Crippen LogP contribution >= 0.6 is 0 Å². The van der Waals surface area contributed by atoms with Gasteiger partial charge in [0.2, 0.25) is 0 Å². The van der Waals surface area contributed by atoms with Crippen molar-refractivity contribution >= 4 is 0 Å². The first-order valence-electron chi connectivity index (χ1n) is 5.13. The van der Waals surface area contributed by atoms with Gasteiger partial charge < -0.3 is 0 Å². The molecule has 0 saturated heterocycles. The smallest absolute Gasteiger partial charge is 0.0991 e. The zero-order chi connectivity index (χ0) is 10.2. The largest absolute Gasteiger partial charge is 0.192 e. The van der Waals surface area contributed by atoms with E-state index in [1.165, 1.54) is 17.5 Å². The summed E-state index contributed by atoms with van der Waals surface area (Å²) in [5, 5.41) is 8.82. The van der Waals surface area contributed by atoms with E-state index in [2.05, 4.69) is 32.0 Å². The van der Waals surface area contributed by atoms with Gasteiger partial charge >= 0.3 is 0 Å². The zero-order valence-electron chi connectivity index (χ0n) is 8.80. The van der Waals surface area contributed by atoms with Gasteiger partial charge in [-0.25, -0.2) is 0 Å². The quantitative estimate of drug-likeness (QED) is 0.609. The van der Waals surface area contributed by atoms with Crippen molar-refractivity contribution in [2.45, 2.75) is 33.1 Å². The van der Waals surface area contributed by atoms with Crippen molar-refractivity contribution in [3.8, 4) is 6.07 Å². The zero-order valence-corrected chi connectivity index (χ0v) is 8.80. The molecular weight excluding hydrogens is 170 g/mol. The normalized spacial score (nSPS) is 18.4. The molecule has 0 aromatic heterocycles. The molecule has 1 heteroatoms. The highest BCUT2D eigenvalue weighted by atomic mass is 14.3. The SMILES string of the molecule is CC1(C)CCc2ccc(C#N)cc2C1. The summed E-state index contributed by atoms with van der Waals surface area (Å²) < 4.78 is 0. The molecule has 1 aliphatic carbocycles. The molecule has 1 aromatic carbocycles. The first-order valence-corrected chi connectivity index (χ1v) is 5.13. The van der Waals surface area contributed by atoms with Gasteiger partial charge in [0.25, 0.3) is 0 Å². The van der Waals surface area contributed by atoms with Crippen molar-refractivity contribution in [1.29, 1.82) is 5.26 Å². The third-order valence-electron chi connectivity index (χ3n) is 3.08. The van der Waals surface area contributed by atoms with Crippen LogP contribution in [0.25, 0.3) is 0 Å². The monoisotopic (exact) mass is 185 g/mol. The van der Waals surface area contributed by atoms with Gasteiger partial charge in [0.05, 0.1) is 11.6 Å². The van der Waals surface area contributed by atoms with Gasteiger partial charge in [-0.15, -0.1) is 0 Å². The Balaban J connectivity index is 2.40. The van der Waals surface area contributed by atoms with Gasteiger partial charge in [-0.1, -0.05) is 19.9 Å².